The molecule has 4 rings (SSSR count). The summed E-state index contributed by atoms with van der Waals surface area (Å²) < 4.78 is 16.3. The summed E-state index contributed by atoms with van der Waals surface area (Å²) in [6.45, 7) is 3.24. The summed E-state index contributed by atoms with van der Waals surface area (Å²) in [5.74, 6) is 0.120. The number of benzene rings is 2. The summed E-state index contributed by atoms with van der Waals surface area (Å²) in [7, 11) is 1.57. The number of imide groups is 1. The Balaban J connectivity index is 1.62. The molecule has 1 aromatic heterocycles. The van der Waals surface area contributed by atoms with Crippen molar-refractivity contribution in [3.05, 3.63) is 88.9 Å². The van der Waals surface area contributed by atoms with Crippen molar-refractivity contribution in [2.75, 3.05) is 26.9 Å². The first kappa shape index (κ1) is 23.3. The van der Waals surface area contributed by atoms with Crippen LogP contribution in [0.15, 0.2) is 65.3 Å². The van der Waals surface area contributed by atoms with E-state index < -0.39 is 0 Å². The maximum absolute atomic E-state index is 13.6. The minimum atomic E-state index is -0.345. The van der Waals surface area contributed by atoms with Crippen molar-refractivity contribution in [3.8, 4) is 5.75 Å². The molecule has 34 heavy (non-hydrogen) atoms. The second-order valence-electron chi connectivity index (χ2n) is 7.80. The molecule has 0 saturated heterocycles. The molecule has 8 heteroatoms. The fourth-order valence-electron chi connectivity index (χ4n) is 3.90. The quantitative estimate of drug-likeness (QED) is 0.426. The lowest BCUT2D eigenvalue weighted by Gasteiger charge is -2.23. The first-order chi connectivity index (χ1) is 16.5. The highest BCUT2D eigenvalue weighted by Crippen LogP contribution is 2.27. The van der Waals surface area contributed by atoms with Crippen molar-refractivity contribution in [3.63, 3.8) is 0 Å². The van der Waals surface area contributed by atoms with Gasteiger partial charge in [0.15, 0.2) is 0 Å². The summed E-state index contributed by atoms with van der Waals surface area (Å²) in [4.78, 5) is 42.0. The van der Waals surface area contributed by atoms with E-state index in [0.29, 0.717) is 53.5 Å². The Bertz CT molecular complexity index is 1150. The van der Waals surface area contributed by atoms with E-state index in [1.54, 1.807) is 72.9 Å². The van der Waals surface area contributed by atoms with Gasteiger partial charge in [-0.3, -0.25) is 19.3 Å². The van der Waals surface area contributed by atoms with Crippen LogP contribution < -0.4 is 4.74 Å². The molecule has 0 spiro atoms. The molecule has 3 amide bonds. The van der Waals surface area contributed by atoms with Crippen LogP contribution in [0.2, 0.25) is 0 Å². The van der Waals surface area contributed by atoms with Gasteiger partial charge < -0.3 is 18.8 Å². The topological polar surface area (TPSA) is 89.3 Å². The average molecular weight is 463 g/mol. The SMILES string of the molecule is CCOc1ccc(CN2C(=O)c3ccccc3C2=O)cc1C(=O)N(CCOC)Cc1ccco1. The molecule has 1 aliphatic heterocycles. The number of nitrogens with zero attached hydrogens (tertiary/aromatic N) is 2. The Kier molecular flexibility index (Phi) is 7.08. The van der Waals surface area contributed by atoms with Crippen LogP contribution in [0.1, 0.15) is 49.3 Å². The molecule has 1 aliphatic rings. The van der Waals surface area contributed by atoms with Crippen LogP contribution in [0, 0.1) is 0 Å². The molecule has 0 radical (unpaired) electrons. The first-order valence-corrected chi connectivity index (χ1v) is 11.0. The Morgan fingerprint density at radius 2 is 1.76 bits per heavy atom. The number of methoxy groups -OCH3 is 1. The lowest BCUT2D eigenvalue weighted by Crippen LogP contribution is -2.34. The number of fused-ring (bicyclic) bond motifs is 1. The number of amides is 3. The molecule has 2 aromatic carbocycles. The number of furan rings is 1. The van der Waals surface area contributed by atoms with Crippen molar-refractivity contribution in [2.24, 2.45) is 0 Å². The third-order valence-corrected chi connectivity index (χ3v) is 5.57. The molecule has 0 fully saturated rings. The van der Waals surface area contributed by atoms with Crippen molar-refractivity contribution in [1.29, 1.82) is 0 Å². The molecule has 0 N–H and O–H groups in total. The minimum Gasteiger partial charge on any atom is -0.493 e. The van der Waals surface area contributed by atoms with Crippen LogP contribution in [0.3, 0.4) is 0 Å². The molecule has 0 unspecified atom stereocenters. The average Bonchev–Trinajstić information content (AvgIpc) is 3.45. The van der Waals surface area contributed by atoms with E-state index in [0.717, 1.165) is 0 Å². The molecule has 3 aromatic rings. The van der Waals surface area contributed by atoms with Crippen molar-refractivity contribution >= 4 is 17.7 Å². The van der Waals surface area contributed by atoms with Crippen LogP contribution in [-0.2, 0) is 17.8 Å². The Labute approximate surface area is 197 Å². The van der Waals surface area contributed by atoms with Gasteiger partial charge in [-0.05, 0) is 48.9 Å². The van der Waals surface area contributed by atoms with Crippen LogP contribution >= 0.6 is 0 Å². The van der Waals surface area contributed by atoms with Crippen LogP contribution in [0.25, 0.3) is 0 Å². The maximum atomic E-state index is 13.6. The van der Waals surface area contributed by atoms with Gasteiger partial charge in [-0.2, -0.15) is 0 Å². The monoisotopic (exact) mass is 462 g/mol. The normalized spacial score (nSPS) is 12.7. The van der Waals surface area contributed by atoms with Gasteiger partial charge in [0.05, 0.1) is 49.3 Å². The zero-order valence-corrected chi connectivity index (χ0v) is 19.2. The molecular weight excluding hydrogens is 436 g/mol. The highest BCUT2D eigenvalue weighted by Gasteiger charge is 2.35. The van der Waals surface area contributed by atoms with Gasteiger partial charge in [0.25, 0.3) is 17.7 Å². The highest BCUT2D eigenvalue weighted by atomic mass is 16.5. The van der Waals surface area contributed by atoms with E-state index in [1.807, 2.05) is 6.92 Å². The zero-order valence-electron chi connectivity index (χ0n) is 19.2. The van der Waals surface area contributed by atoms with Crippen molar-refractivity contribution < 1.29 is 28.3 Å². The predicted octanol–water partition coefficient (Wildman–Crippen LogP) is 3.76. The number of hydrogen-bond donors (Lipinski definition) is 0. The molecular formula is C26H26N2O6. The first-order valence-electron chi connectivity index (χ1n) is 11.0. The fraction of sp³-hybridized carbons (Fsp3) is 0.269. The van der Waals surface area contributed by atoms with Gasteiger partial charge in [-0.15, -0.1) is 0 Å². The van der Waals surface area contributed by atoms with E-state index in [1.165, 1.54) is 4.90 Å². The lowest BCUT2D eigenvalue weighted by molar-refractivity contribution is 0.0641. The van der Waals surface area contributed by atoms with Crippen LogP contribution in [0.4, 0.5) is 0 Å². The van der Waals surface area contributed by atoms with Gasteiger partial charge >= 0.3 is 0 Å². The molecule has 0 aliphatic carbocycles. The molecule has 176 valence electrons. The standard InChI is InChI=1S/C26H26N2O6/c1-3-33-23-11-10-18(16-28-25(30)20-8-4-5-9-21(20)26(28)31)15-22(23)24(29)27(12-14-32-2)17-19-7-6-13-34-19/h4-11,13,15H,3,12,14,16-17H2,1-2H3. The van der Waals surface area contributed by atoms with E-state index in [2.05, 4.69) is 0 Å². The number of ether oxygens (including phenoxy) is 2. The maximum Gasteiger partial charge on any atom is 0.261 e. The third-order valence-electron chi connectivity index (χ3n) is 5.57. The molecule has 2 heterocycles. The van der Waals surface area contributed by atoms with Gasteiger partial charge in [-0.25, -0.2) is 0 Å². The van der Waals surface area contributed by atoms with Gasteiger partial charge in [-0.1, -0.05) is 18.2 Å². The summed E-state index contributed by atoms with van der Waals surface area (Å²) in [6, 6.07) is 15.5. The summed E-state index contributed by atoms with van der Waals surface area (Å²) >= 11 is 0. The van der Waals surface area contributed by atoms with Gasteiger partial charge in [0, 0.05) is 13.7 Å². The van der Waals surface area contributed by atoms with Crippen molar-refractivity contribution in [2.45, 2.75) is 20.0 Å². The fourth-order valence-corrected chi connectivity index (χ4v) is 3.90. The van der Waals surface area contributed by atoms with Crippen LogP contribution in [0.5, 0.6) is 5.75 Å². The Hall–Kier alpha value is -3.91. The number of rotatable bonds is 10. The van der Waals surface area contributed by atoms with Gasteiger partial charge in [0.1, 0.15) is 11.5 Å². The van der Waals surface area contributed by atoms with E-state index >= 15 is 0 Å². The van der Waals surface area contributed by atoms with E-state index in [4.69, 9.17) is 13.9 Å². The third kappa shape index (κ3) is 4.72. The minimum absolute atomic E-state index is 0.0509. The molecule has 8 nitrogen and oxygen atoms in total. The number of carbonyl (C=O) groups is 3. The smallest absolute Gasteiger partial charge is 0.261 e. The molecule has 0 saturated carbocycles. The number of carbonyl (C=O) groups excluding carboxylic acids is 3. The number of hydrogen-bond acceptors (Lipinski definition) is 6. The molecule has 0 bridgehead atoms. The Morgan fingerprint density at radius 3 is 2.38 bits per heavy atom. The summed E-state index contributed by atoms with van der Waals surface area (Å²) in [5, 5.41) is 0. The lowest BCUT2D eigenvalue weighted by atomic mass is 10.1. The summed E-state index contributed by atoms with van der Waals surface area (Å²) in [5.41, 5.74) is 1.77. The Morgan fingerprint density at radius 1 is 1.03 bits per heavy atom. The zero-order chi connectivity index (χ0) is 24.1. The van der Waals surface area contributed by atoms with Crippen LogP contribution in [-0.4, -0.2) is 54.4 Å². The second-order valence-corrected chi connectivity index (χ2v) is 7.80. The second kappa shape index (κ2) is 10.4. The predicted molar refractivity (Wildman–Crippen MR) is 124 cm³/mol. The molecule has 0 atom stereocenters. The van der Waals surface area contributed by atoms with Crippen molar-refractivity contribution in [1.82, 2.24) is 9.80 Å². The summed E-state index contributed by atoms with van der Waals surface area (Å²) in [6.07, 6.45) is 1.56. The highest BCUT2D eigenvalue weighted by molar-refractivity contribution is 6.21. The van der Waals surface area contributed by atoms with Gasteiger partial charge in [0.2, 0.25) is 0 Å². The largest absolute Gasteiger partial charge is 0.493 e. The van der Waals surface area contributed by atoms with E-state index in [9.17, 15) is 14.4 Å². The van der Waals surface area contributed by atoms with E-state index in [-0.39, 0.29) is 30.8 Å².